The molecule has 7 nitrogen and oxygen atoms in total. The van der Waals surface area contributed by atoms with Gasteiger partial charge in [0, 0.05) is 27.4 Å². The summed E-state index contributed by atoms with van der Waals surface area (Å²) in [5.41, 5.74) is -0.862. The lowest BCUT2D eigenvalue weighted by molar-refractivity contribution is -0.147. The lowest BCUT2D eigenvalue weighted by Crippen LogP contribution is -2.43. The van der Waals surface area contributed by atoms with Crippen LogP contribution in [-0.4, -0.2) is 60.6 Å². The van der Waals surface area contributed by atoms with Crippen molar-refractivity contribution in [2.45, 2.75) is 24.4 Å². The van der Waals surface area contributed by atoms with Gasteiger partial charge in [-0.05, 0) is 6.07 Å². The van der Waals surface area contributed by atoms with Crippen LogP contribution in [0.3, 0.4) is 0 Å². The number of aromatic nitrogens is 2. The third-order valence-electron chi connectivity index (χ3n) is 3.31. The molecule has 1 fully saturated rings. The minimum atomic E-state index is -3.46. The van der Waals surface area contributed by atoms with Gasteiger partial charge in [-0.1, -0.05) is 0 Å². The average molecular weight is 305 g/mol. The topological polar surface area (TPSA) is 76.8 Å². The molecule has 0 aromatic carbocycles. The summed E-state index contributed by atoms with van der Waals surface area (Å²) in [6.07, 6.45) is -3.52. The molecule has 0 bridgehead atoms. The number of nitrogens with zero attached hydrogens (tertiary/aromatic N) is 3. The van der Waals surface area contributed by atoms with Gasteiger partial charge in [0.05, 0.1) is 6.61 Å². The number of ether oxygens (including phenoxy) is 2. The molecule has 3 atom stereocenters. The fourth-order valence-electron chi connectivity index (χ4n) is 2.25. The molecule has 21 heavy (non-hydrogen) atoms. The predicted octanol–water partition coefficient (Wildman–Crippen LogP) is -0.151. The fourth-order valence-corrected chi connectivity index (χ4v) is 2.25. The summed E-state index contributed by atoms with van der Waals surface area (Å²) >= 11 is 0. The maximum Gasteiger partial charge on any atom is 0.351 e. The van der Waals surface area contributed by atoms with E-state index >= 15 is 0 Å². The molecule has 0 radical (unpaired) electrons. The smallest absolute Gasteiger partial charge is 0.351 e. The van der Waals surface area contributed by atoms with Crippen LogP contribution in [0.5, 0.6) is 0 Å². The molecular formula is C12H17F2N3O4. The predicted molar refractivity (Wildman–Crippen MR) is 69.6 cm³/mol. The van der Waals surface area contributed by atoms with E-state index in [4.69, 9.17) is 14.6 Å². The zero-order valence-electron chi connectivity index (χ0n) is 11.9. The van der Waals surface area contributed by atoms with E-state index in [0.717, 1.165) is 7.11 Å². The van der Waals surface area contributed by atoms with Crippen molar-refractivity contribution in [3.05, 3.63) is 22.7 Å². The molecule has 9 heteroatoms. The summed E-state index contributed by atoms with van der Waals surface area (Å²) in [5, 5.41) is 9.10. The molecule has 0 spiro atoms. The van der Waals surface area contributed by atoms with Crippen molar-refractivity contribution in [2.24, 2.45) is 0 Å². The highest BCUT2D eigenvalue weighted by molar-refractivity contribution is 5.33. The van der Waals surface area contributed by atoms with Crippen molar-refractivity contribution < 1.29 is 23.4 Å². The Kier molecular flexibility index (Phi) is 4.26. The number of aliphatic hydroxyl groups excluding tert-OH is 1. The minimum absolute atomic E-state index is 0.347. The Morgan fingerprint density at radius 2 is 2.24 bits per heavy atom. The highest BCUT2D eigenvalue weighted by Gasteiger charge is 2.60. The molecule has 1 N–H and O–H groups in total. The van der Waals surface area contributed by atoms with Gasteiger partial charge in [0.15, 0.2) is 6.10 Å². The van der Waals surface area contributed by atoms with Crippen LogP contribution in [0.1, 0.15) is 6.23 Å². The Balaban J connectivity index is 2.40. The van der Waals surface area contributed by atoms with Crippen molar-refractivity contribution in [2.75, 3.05) is 32.7 Å². The Morgan fingerprint density at radius 3 is 2.67 bits per heavy atom. The van der Waals surface area contributed by atoms with Crippen LogP contribution in [0.2, 0.25) is 0 Å². The van der Waals surface area contributed by atoms with Crippen molar-refractivity contribution in [3.8, 4) is 0 Å². The first-order chi connectivity index (χ1) is 9.82. The third-order valence-corrected chi connectivity index (χ3v) is 3.31. The van der Waals surface area contributed by atoms with Gasteiger partial charge in [-0.2, -0.15) is 13.8 Å². The number of rotatable bonds is 4. The SMILES string of the molecule is COC1C(CO)OC(n2ccc(N(C)C)nc2=O)C1(F)F. The Hall–Kier alpha value is -1.58. The quantitative estimate of drug-likeness (QED) is 0.833. The second-order valence-electron chi connectivity index (χ2n) is 4.91. The van der Waals surface area contributed by atoms with Crippen LogP contribution >= 0.6 is 0 Å². The van der Waals surface area contributed by atoms with E-state index in [1.807, 2.05) is 0 Å². The average Bonchev–Trinajstić information content (AvgIpc) is 2.68. The summed E-state index contributed by atoms with van der Waals surface area (Å²) in [6, 6.07) is 1.43. The monoisotopic (exact) mass is 305 g/mol. The zero-order valence-corrected chi connectivity index (χ0v) is 11.9. The van der Waals surface area contributed by atoms with Crippen molar-refractivity contribution in [1.82, 2.24) is 9.55 Å². The van der Waals surface area contributed by atoms with Gasteiger partial charge in [-0.25, -0.2) is 4.79 Å². The normalized spacial score (nSPS) is 27.8. The number of aliphatic hydroxyl groups is 1. The van der Waals surface area contributed by atoms with E-state index in [9.17, 15) is 13.6 Å². The molecule has 1 aliphatic heterocycles. The van der Waals surface area contributed by atoms with E-state index in [0.29, 0.717) is 10.4 Å². The molecule has 2 rings (SSSR count). The van der Waals surface area contributed by atoms with Gasteiger partial charge in [0.25, 0.3) is 0 Å². The Bertz CT molecular complexity index is 564. The van der Waals surface area contributed by atoms with Crippen LogP contribution in [-0.2, 0) is 9.47 Å². The van der Waals surface area contributed by atoms with Gasteiger partial charge in [-0.3, -0.25) is 4.57 Å². The van der Waals surface area contributed by atoms with E-state index in [1.54, 1.807) is 19.0 Å². The molecular weight excluding hydrogens is 288 g/mol. The molecule has 1 aliphatic rings. The molecule has 3 unspecified atom stereocenters. The van der Waals surface area contributed by atoms with Crippen molar-refractivity contribution in [1.29, 1.82) is 0 Å². The highest BCUT2D eigenvalue weighted by Crippen LogP contribution is 2.43. The van der Waals surface area contributed by atoms with Crippen molar-refractivity contribution >= 4 is 5.82 Å². The Labute approximate surface area is 119 Å². The van der Waals surface area contributed by atoms with Gasteiger partial charge < -0.3 is 19.5 Å². The molecule has 1 saturated heterocycles. The molecule has 1 aromatic heterocycles. The second kappa shape index (κ2) is 5.66. The highest BCUT2D eigenvalue weighted by atomic mass is 19.3. The standard InChI is InChI=1S/C12H17F2N3O4/c1-16(2)8-4-5-17(11(19)15-8)10-12(13,14)9(20-3)7(6-18)21-10/h4-5,7,9-10,18H,6H2,1-3H3. The van der Waals surface area contributed by atoms with Crippen LogP contribution in [0, 0.1) is 0 Å². The Morgan fingerprint density at radius 1 is 1.57 bits per heavy atom. The molecule has 118 valence electrons. The first-order valence-corrected chi connectivity index (χ1v) is 6.26. The van der Waals surface area contributed by atoms with Gasteiger partial charge in [0.2, 0.25) is 6.23 Å². The zero-order chi connectivity index (χ0) is 15.8. The summed E-state index contributed by atoms with van der Waals surface area (Å²) in [7, 11) is 4.45. The van der Waals surface area contributed by atoms with Crippen LogP contribution in [0.15, 0.2) is 17.1 Å². The summed E-state index contributed by atoms with van der Waals surface area (Å²) in [4.78, 5) is 17.2. The summed E-state index contributed by atoms with van der Waals surface area (Å²) in [6.45, 7) is -0.636. The van der Waals surface area contributed by atoms with E-state index in [1.165, 1.54) is 12.3 Å². The van der Waals surface area contributed by atoms with Gasteiger partial charge >= 0.3 is 11.6 Å². The lowest BCUT2D eigenvalue weighted by atomic mass is 10.1. The molecule has 2 heterocycles. The minimum Gasteiger partial charge on any atom is -0.394 e. The first-order valence-electron chi connectivity index (χ1n) is 6.26. The maximum atomic E-state index is 14.3. The second-order valence-corrected chi connectivity index (χ2v) is 4.91. The summed E-state index contributed by atoms with van der Waals surface area (Å²) < 4.78 is 39.0. The fraction of sp³-hybridized carbons (Fsp3) is 0.667. The van der Waals surface area contributed by atoms with Crippen LogP contribution in [0.25, 0.3) is 0 Å². The molecule has 0 aliphatic carbocycles. The van der Waals surface area contributed by atoms with Crippen LogP contribution in [0.4, 0.5) is 14.6 Å². The number of anilines is 1. The third kappa shape index (κ3) is 2.63. The molecule has 0 amide bonds. The van der Waals surface area contributed by atoms with Crippen LogP contribution < -0.4 is 10.6 Å². The number of alkyl halides is 2. The largest absolute Gasteiger partial charge is 0.394 e. The first kappa shape index (κ1) is 15.8. The number of methoxy groups -OCH3 is 1. The van der Waals surface area contributed by atoms with E-state index in [2.05, 4.69) is 4.98 Å². The van der Waals surface area contributed by atoms with E-state index in [-0.39, 0.29) is 0 Å². The van der Waals surface area contributed by atoms with Crippen molar-refractivity contribution in [3.63, 3.8) is 0 Å². The molecule has 0 saturated carbocycles. The van der Waals surface area contributed by atoms with E-state index < -0.39 is 36.7 Å². The lowest BCUT2D eigenvalue weighted by Gasteiger charge is -2.23. The van der Waals surface area contributed by atoms with Gasteiger partial charge in [-0.15, -0.1) is 0 Å². The summed E-state index contributed by atoms with van der Waals surface area (Å²) in [5.74, 6) is -3.12. The number of hydrogen-bond acceptors (Lipinski definition) is 6. The number of halogens is 2. The number of hydrogen-bond donors (Lipinski definition) is 1. The maximum absolute atomic E-state index is 14.3. The van der Waals surface area contributed by atoms with Gasteiger partial charge in [0.1, 0.15) is 11.9 Å². The molecule has 1 aromatic rings.